The molecule has 0 bridgehead atoms. The van der Waals surface area contributed by atoms with Crippen LogP contribution in [-0.4, -0.2) is 40.0 Å². The number of fused-ring (bicyclic) bond motifs is 3. The fraction of sp³-hybridized carbons (Fsp3) is 0.667. The van der Waals surface area contributed by atoms with Crippen molar-refractivity contribution in [2.45, 2.75) is 82.3 Å². The minimum absolute atomic E-state index is 0.00422. The van der Waals surface area contributed by atoms with Gasteiger partial charge in [-0.25, -0.2) is 4.98 Å². The average molecular weight is 438 g/mol. The van der Waals surface area contributed by atoms with Crippen LogP contribution in [0.4, 0.5) is 0 Å². The fourth-order valence-corrected chi connectivity index (χ4v) is 5.66. The monoisotopic (exact) mass is 437 g/mol. The highest BCUT2D eigenvalue weighted by Crippen LogP contribution is 2.35. The molecule has 2 aromatic rings. The number of methoxy groups -OCH3 is 1. The van der Waals surface area contributed by atoms with Gasteiger partial charge in [0.1, 0.15) is 4.83 Å². The molecule has 2 heterocycles. The third kappa shape index (κ3) is 4.86. The molecule has 1 N–H and O–H groups in total. The van der Waals surface area contributed by atoms with Crippen LogP contribution in [0.15, 0.2) is 9.95 Å². The Labute approximate surface area is 180 Å². The predicted molar refractivity (Wildman–Crippen MR) is 120 cm³/mol. The Morgan fingerprint density at radius 1 is 1.38 bits per heavy atom. The van der Waals surface area contributed by atoms with Gasteiger partial charge in [0.05, 0.1) is 23.8 Å². The lowest BCUT2D eigenvalue weighted by Gasteiger charge is -2.26. The Kier molecular flexibility index (Phi) is 7.06. The molecule has 1 unspecified atom stereocenters. The van der Waals surface area contributed by atoms with Crippen molar-refractivity contribution in [1.29, 1.82) is 0 Å². The van der Waals surface area contributed by atoms with Crippen LogP contribution >= 0.6 is 23.1 Å². The Hall–Kier alpha value is -1.38. The van der Waals surface area contributed by atoms with E-state index in [1.807, 2.05) is 20.8 Å². The van der Waals surface area contributed by atoms with Crippen molar-refractivity contribution in [3.8, 4) is 0 Å². The van der Waals surface area contributed by atoms with E-state index in [1.54, 1.807) is 23.0 Å². The largest absolute Gasteiger partial charge is 0.383 e. The number of hydrogen-bond donors (Lipinski definition) is 1. The van der Waals surface area contributed by atoms with Crippen LogP contribution in [-0.2, 0) is 28.9 Å². The summed E-state index contributed by atoms with van der Waals surface area (Å²) in [6.45, 7) is 8.79. The fourth-order valence-electron chi connectivity index (χ4n) is 3.42. The first-order valence-corrected chi connectivity index (χ1v) is 12.0. The highest BCUT2D eigenvalue weighted by atomic mass is 32.2. The summed E-state index contributed by atoms with van der Waals surface area (Å²) in [7, 11) is 1.62. The van der Waals surface area contributed by atoms with Crippen molar-refractivity contribution in [3.05, 3.63) is 20.8 Å². The van der Waals surface area contributed by atoms with Gasteiger partial charge in [-0.1, -0.05) is 18.7 Å². The lowest BCUT2D eigenvalue weighted by molar-refractivity contribution is -0.121. The molecule has 29 heavy (non-hydrogen) atoms. The van der Waals surface area contributed by atoms with Gasteiger partial charge in [0.2, 0.25) is 5.91 Å². The number of rotatable bonds is 8. The zero-order chi connectivity index (χ0) is 21.2. The van der Waals surface area contributed by atoms with Crippen LogP contribution < -0.4 is 10.9 Å². The molecule has 1 aliphatic rings. The van der Waals surface area contributed by atoms with E-state index in [1.165, 1.54) is 28.6 Å². The van der Waals surface area contributed by atoms with Gasteiger partial charge in [-0.05, 0) is 58.4 Å². The van der Waals surface area contributed by atoms with Crippen molar-refractivity contribution >= 4 is 39.2 Å². The van der Waals surface area contributed by atoms with Gasteiger partial charge >= 0.3 is 0 Å². The van der Waals surface area contributed by atoms with Crippen LogP contribution in [0.5, 0.6) is 0 Å². The molecule has 0 saturated heterocycles. The van der Waals surface area contributed by atoms with Gasteiger partial charge in [0.15, 0.2) is 5.16 Å². The first-order valence-electron chi connectivity index (χ1n) is 10.3. The van der Waals surface area contributed by atoms with E-state index < -0.39 is 0 Å². The summed E-state index contributed by atoms with van der Waals surface area (Å²) < 4.78 is 6.91. The standard InChI is InChI=1S/C21H31N3O3S2/c1-6-21(3,4)23-17(25)13(2)28-20-22-18-16(19(26)24(20)11-12-27-5)14-9-7-8-10-15(14)29-18/h13H,6-12H2,1-5H3,(H,23,25). The maximum absolute atomic E-state index is 13.4. The second-order valence-corrected chi connectivity index (χ2v) is 10.6. The molecule has 6 nitrogen and oxygen atoms in total. The highest BCUT2D eigenvalue weighted by Gasteiger charge is 2.26. The maximum Gasteiger partial charge on any atom is 0.263 e. The number of nitrogens with one attached hydrogen (secondary N) is 1. The van der Waals surface area contributed by atoms with E-state index in [9.17, 15) is 9.59 Å². The van der Waals surface area contributed by atoms with Gasteiger partial charge in [0.25, 0.3) is 5.56 Å². The molecule has 8 heteroatoms. The first-order chi connectivity index (χ1) is 13.8. The van der Waals surface area contributed by atoms with Crippen molar-refractivity contribution in [2.24, 2.45) is 0 Å². The summed E-state index contributed by atoms with van der Waals surface area (Å²) in [5.41, 5.74) is 0.925. The molecule has 0 spiro atoms. The summed E-state index contributed by atoms with van der Waals surface area (Å²) in [5, 5.41) is 4.10. The van der Waals surface area contributed by atoms with E-state index in [-0.39, 0.29) is 22.3 Å². The summed E-state index contributed by atoms with van der Waals surface area (Å²) in [4.78, 5) is 33.0. The molecule has 1 atom stereocenters. The van der Waals surface area contributed by atoms with Crippen molar-refractivity contribution in [2.75, 3.05) is 13.7 Å². The lowest BCUT2D eigenvalue weighted by Crippen LogP contribution is -2.46. The van der Waals surface area contributed by atoms with Crippen LogP contribution in [0.2, 0.25) is 0 Å². The number of carbonyl (C=O) groups is 1. The predicted octanol–water partition coefficient (Wildman–Crippen LogP) is 3.77. The SMILES string of the molecule is CCC(C)(C)NC(=O)C(C)Sc1nc2sc3c(c2c(=O)n1CCOC)CCCC3. The molecular formula is C21H31N3O3S2. The van der Waals surface area contributed by atoms with Crippen LogP contribution in [0, 0.1) is 0 Å². The molecule has 3 rings (SSSR count). The molecular weight excluding hydrogens is 406 g/mol. The minimum atomic E-state index is -0.353. The number of thioether (sulfide) groups is 1. The molecule has 1 aliphatic carbocycles. The third-order valence-corrected chi connectivity index (χ3v) is 7.83. The number of amides is 1. The molecule has 0 saturated carbocycles. The number of aromatic nitrogens is 2. The van der Waals surface area contributed by atoms with Gasteiger partial charge in [0, 0.05) is 17.5 Å². The van der Waals surface area contributed by atoms with Crippen LogP contribution in [0.3, 0.4) is 0 Å². The smallest absolute Gasteiger partial charge is 0.263 e. The maximum atomic E-state index is 13.4. The zero-order valence-corrected chi connectivity index (χ0v) is 19.6. The average Bonchev–Trinajstić information content (AvgIpc) is 3.05. The number of hydrogen-bond acceptors (Lipinski definition) is 6. The van der Waals surface area contributed by atoms with E-state index in [0.29, 0.717) is 18.3 Å². The minimum Gasteiger partial charge on any atom is -0.383 e. The van der Waals surface area contributed by atoms with E-state index >= 15 is 0 Å². The Morgan fingerprint density at radius 3 is 2.79 bits per heavy atom. The lowest BCUT2D eigenvalue weighted by atomic mass is 9.97. The zero-order valence-electron chi connectivity index (χ0n) is 18.0. The normalized spacial score (nSPS) is 15.3. The summed E-state index contributed by atoms with van der Waals surface area (Å²) in [6, 6.07) is 0. The van der Waals surface area contributed by atoms with E-state index in [4.69, 9.17) is 9.72 Å². The van der Waals surface area contributed by atoms with Crippen molar-refractivity contribution in [1.82, 2.24) is 14.9 Å². The summed E-state index contributed by atoms with van der Waals surface area (Å²) in [5.74, 6) is -0.0417. The molecule has 160 valence electrons. The van der Waals surface area contributed by atoms with Gasteiger partial charge in [-0.3, -0.25) is 14.2 Å². The third-order valence-electron chi connectivity index (χ3n) is 5.56. The second-order valence-electron chi connectivity index (χ2n) is 8.22. The first kappa shape index (κ1) is 22.3. The van der Waals surface area contributed by atoms with Crippen LogP contribution in [0.1, 0.15) is 57.4 Å². The highest BCUT2D eigenvalue weighted by molar-refractivity contribution is 8.00. The van der Waals surface area contributed by atoms with Crippen molar-refractivity contribution in [3.63, 3.8) is 0 Å². The van der Waals surface area contributed by atoms with Gasteiger partial charge in [-0.2, -0.15) is 0 Å². The van der Waals surface area contributed by atoms with E-state index in [2.05, 4.69) is 12.2 Å². The number of carbonyl (C=O) groups excluding carboxylic acids is 1. The summed E-state index contributed by atoms with van der Waals surface area (Å²) in [6.07, 6.45) is 5.12. The second kappa shape index (κ2) is 9.18. The molecule has 0 aliphatic heterocycles. The van der Waals surface area contributed by atoms with Gasteiger partial charge < -0.3 is 10.1 Å². The molecule has 1 amide bonds. The quantitative estimate of drug-likeness (QED) is 0.503. The number of nitrogens with zero attached hydrogens (tertiary/aromatic N) is 2. The van der Waals surface area contributed by atoms with Crippen molar-refractivity contribution < 1.29 is 9.53 Å². The Bertz CT molecular complexity index is 949. The molecule has 0 radical (unpaired) electrons. The molecule has 2 aromatic heterocycles. The molecule has 0 fully saturated rings. The van der Waals surface area contributed by atoms with Crippen LogP contribution in [0.25, 0.3) is 10.2 Å². The Balaban J connectivity index is 1.97. The summed E-state index contributed by atoms with van der Waals surface area (Å²) >= 11 is 2.99. The van der Waals surface area contributed by atoms with E-state index in [0.717, 1.165) is 35.9 Å². The number of thiophene rings is 1. The Morgan fingerprint density at radius 2 is 2.10 bits per heavy atom. The van der Waals surface area contributed by atoms with Gasteiger partial charge in [-0.15, -0.1) is 11.3 Å². The molecule has 0 aromatic carbocycles. The number of ether oxygens (including phenoxy) is 1. The topological polar surface area (TPSA) is 73.2 Å². The number of aryl methyl sites for hydroxylation is 2.